The Morgan fingerprint density at radius 3 is 2.24 bits per heavy atom. The van der Waals surface area contributed by atoms with Gasteiger partial charge in [0.2, 0.25) is 0 Å². The van der Waals surface area contributed by atoms with E-state index in [1.54, 1.807) is 36.4 Å². The van der Waals surface area contributed by atoms with Crippen molar-refractivity contribution in [3.8, 4) is 5.75 Å². The number of benzene rings is 3. The minimum atomic E-state index is -0.878. The van der Waals surface area contributed by atoms with Crippen molar-refractivity contribution >= 4 is 29.6 Å². The molecule has 3 amide bonds. The minimum Gasteiger partial charge on any atom is -0.484 e. The number of anilines is 1. The topological polar surface area (TPSA) is 109 Å². The fraction of sp³-hybridized carbons (Fsp3) is 0.154. The van der Waals surface area contributed by atoms with Gasteiger partial charge in [-0.3, -0.25) is 14.4 Å². The molecule has 0 unspecified atom stereocenters. The second-order valence-corrected chi connectivity index (χ2v) is 7.32. The van der Waals surface area contributed by atoms with Crippen LogP contribution in [-0.4, -0.2) is 30.5 Å². The van der Waals surface area contributed by atoms with Crippen LogP contribution in [0.25, 0.3) is 0 Å². The molecule has 0 radical (unpaired) electrons. The summed E-state index contributed by atoms with van der Waals surface area (Å²) in [5.74, 6) is -1.39. The number of rotatable bonds is 9. The summed E-state index contributed by atoms with van der Waals surface area (Å²) in [6, 6.07) is 23.6. The highest BCUT2D eigenvalue weighted by molar-refractivity contribution is 6.39. The number of ether oxygens (including phenoxy) is 1. The van der Waals surface area contributed by atoms with Crippen molar-refractivity contribution in [2.75, 3.05) is 11.9 Å². The maximum absolute atomic E-state index is 12.0. The van der Waals surface area contributed by atoms with Gasteiger partial charge in [0.05, 0.1) is 6.21 Å². The fourth-order valence-electron chi connectivity index (χ4n) is 2.87. The monoisotopic (exact) mass is 458 g/mol. The van der Waals surface area contributed by atoms with Crippen molar-refractivity contribution in [3.05, 3.63) is 95.6 Å². The van der Waals surface area contributed by atoms with Gasteiger partial charge in [0.15, 0.2) is 6.61 Å². The molecule has 174 valence electrons. The molecule has 8 heteroatoms. The molecular weight excluding hydrogens is 432 g/mol. The number of hydrogen-bond donors (Lipinski definition) is 3. The minimum absolute atomic E-state index is 0.105. The molecule has 0 aliphatic carbocycles. The highest BCUT2D eigenvalue weighted by atomic mass is 16.5. The van der Waals surface area contributed by atoms with E-state index in [0.29, 0.717) is 23.5 Å². The van der Waals surface area contributed by atoms with Crippen LogP contribution in [0.4, 0.5) is 5.69 Å². The fourth-order valence-corrected chi connectivity index (χ4v) is 2.87. The molecule has 0 fully saturated rings. The molecule has 3 rings (SSSR count). The Labute approximate surface area is 198 Å². The normalized spacial score (nSPS) is 10.5. The average Bonchev–Trinajstić information content (AvgIpc) is 2.88. The molecule has 3 aromatic rings. The predicted octanol–water partition coefficient (Wildman–Crippen LogP) is 3.03. The summed E-state index contributed by atoms with van der Waals surface area (Å²) < 4.78 is 5.48. The molecule has 3 aromatic carbocycles. The Hall–Kier alpha value is -4.46. The van der Waals surface area contributed by atoms with E-state index in [0.717, 1.165) is 17.5 Å². The van der Waals surface area contributed by atoms with Crippen molar-refractivity contribution in [1.82, 2.24) is 10.7 Å². The van der Waals surface area contributed by atoms with Gasteiger partial charge in [0.25, 0.3) is 5.91 Å². The number of hydrogen-bond acceptors (Lipinski definition) is 5. The lowest BCUT2D eigenvalue weighted by Crippen LogP contribution is -2.32. The first-order chi connectivity index (χ1) is 16.5. The first-order valence-corrected chi connectivity index (χ1v) is 10.8. The third kappa shape index (κ3) is 7.90. The van der Waals surface area contributed by atoms with Gasteiger partial charge in [-0.15, -0.1) is 0 Å². The van der Waals surface area contributed by atoms with E-state index >= 15 is 0 Å². The van der Waals surface area contributed by atoms with Crippen LogP contribution in [0.1, 0.15) is 23.6 Å². The molecule has 0 saturated heterocycles. The van der Waals surface area contributed by atoms with Gasteiger partial charge in [-0.1, -0.05) is 49.4 Å². The Balaban J connectivity index is 1.39. The summed E-state index contributed by atoms with van der Waals surface area (Å²) in [5, 5.41) is 9.11. The molecule has 0 heterocycles. The molecule has 0 bridgehead atoms. The van der Waals surface area contributed by atoms with Crippen LogP contribution in [0, 0.1) is 0 Å². The number of carbonyl (C=O) groups excluding carboxylic acids is 3. The Morgan fingerprint density at radius 2 is 1.56 bits per heavy atom. The number of aryl methyl sites for hydroxylation is 1. The van der Waals surface area contributed by atoms with Crippen molar-refractivity contribution < 1.29 is 19.1 Å². The van der Waals surface area contributed by atoms with Crippen LogP contribution < -0.4 is 20.8 Å². The van der Waals surface area contributed by atoms with E-state index in [2.05, 4.69) is 21.2 Å². The van der Waals surface area contributed by atoms with Crippen LogP contribution >= 0.6 is 0 Å². The Bertz CT molecular complexity index is 1130. The van der Waals surface area contributed by atoms with Crippen molar-refractivity contribution in [2.45, 2.75) is 19.9 Å². The van der Waals surface area contributed by atoms with E-state index in [4.69, 9.17) is 4.74 Å². The Kier molecular flexibility index (Phi) is 8.92. The molecule has 3 N–H and O–H groups in total. The maximum Gasteiger partial charge on any atom is 0.329 e. The zero-order valence-corrected chi connectivity index (χ0v) is 18.8. The zero-order chi connectivity index (χ0) is 24.2. The van der Waals surface area contributed by atoms with Crippen LogP contribution in [0.2, 0.25) is 0 Å². The third-order valence-corrected chi connectivity index (χ3v) is 4.79. The molecular formula is C26H26N4O4. The third-order valence-electron chi connectivity index (χ3n) is 4.79. The average molecular weight is 459 g/mol. The summed E-state index contributed by atoms with van der Waals surface area (Å²) in [7, 11) is 0. The van der Waals surface area contributed by atoms with Gasteiger partial charge in [0.1, 0.15) is 5.75 Å². The number of nitrogens with one attached hydrogen (secondary N) is 3. The molecule has 0 aromatic heterocycles. The lowest BCUT2D eigenvalue weighted by molar-refractivity contribution is -0.136. The molecule has 0 aliphatic rings. The van der Waals surface area contributed by atoms with Crippen molar-refractivity contribution in [1.29, 1.82) is 0 Å². The summed E-state index contributed by atoms with van der Waals surface area (Å²) in [6.07, 6.45) is 2.29. The van der Waals surface area contributed by atoms with Crippen LogP contribution in [0.5, 0.6) is 5.75 Å². The summed E-state index contributed by atoms with van der Waals surface area (Å²) >= 11 is 0. The smallest absolute Gasteiger partial charge is 0.329 e. The van der Waals surface area contributed by atoms with E-state index in [1.807, 2.05) is 49.4 Å². The zero-order valence-electron chi connectivity index (χ0n) is 18.8. The van der Waals surface area contributed by atoms with Gasteiger partial charge in [-0.25, -0.2) is 5.43 Å². The first-order valence-electron chi connectivity index (χ1n) is 10.8. The quantitative estimate of drug-likeness (QED) is 0.260. The van der Waals surface area contributed by atoms with Crippen LogP contribution in [-0.2, 0) is 27.3 Å². The molecule has 0 atom stereocenters. The molecule has 8 nitrogen and oxygen atoms in total. The summed E-state index contributed by atoms with van der Waals surface area (Å²) in [5.41, 5.74) is 5.54. The van der Waals surface area contributed by atoms with Gasteiger partial charge < -0.3 is 15.4 Å². The SMILES string of the molecule is CCc1ccc(NC(=O)C(=O)N/N=C\c2ccc(OCC(=O)NCc3ccccc3)cc2)cc1. The predicted molar refractivity (Wildman–Crippen MR) is 130 cm³/mol. The van der Waals surface area contributed by atoms with E-state index in [1.165, 1.54) is 6.21 Å². The lowest BCUT2D eigenvalue weighted by Gasteiger charge is -2.08. The molecule has 0 spiro atoms. The van der Waals surface area contributed by atoms with Gasteiger partial charge in [-0.05, 0) is 59.5 Å². The second kappa shape index (κ2) is 12.5. The van der Waals surface area contributed by atoms with Gasteiger partial charge >= 0.3 is 11.8 Å². The van der Waals surface area contributed by atoms with E-state index < -0.39 is 11.8 Å². The van der Waals surface area contributed by atoms with Crippen molar-refractivity contribution in [2.24, 2.45) is 5.10 Å². The standard InChI is InChI=1S/C26H26N4O4/c1-2-19-8-12-22(13-9-19)29-25(32)26(33)30-28-17-21-10-14-23(15-11-21)34-18-24(31)27-16-20-6-4-3-5-7-20/h3-15,17H,2,16,18H2,1H3,(H,27,31)(H,29,32)(H,30,33)/b28-17-. The highest BCUT2D eigenvalue weighted by Crippen LogP contribution is 2.11. The largest absolute Gasteiger partial charge is 0.484 e. The van der Waals surface area contributed by atoms with Crippen molar-refractivity contribution in [3.63, 3.8) is 0 Å². The number of amides is 3. The van der Waals surface area contributed by atoms with Gasteiger partial charge in [0, 0.05) is 12.2 Å². The van der Waals surface area contributed by atoms with E-state index in [-0.39, 0.29) is 12.5 Å². The lowest BCUT2D eigenvalue weighted by atomic mass is 10.1. The molecule has 34 heavy (non-hydrogen) atoms. The first kappa shape index (κ1) is 24.2. The second-order valence-electron chi connectivity index (χ2n) is 7.32. The number of carbonyl (C=O) groups is 3. The highest BCUT2D eigenvalue weighted by Gasteiger charge is 2.12. The number of hydrazone groups is 1. The number of nitrogens with zero attached hydrogens (tertiary/aromatic N) is 1. The maximum atomic E-state index is 12.0. The molecule has 0 saturated carbocycles. The van der Waals surface area contributed by atoms with Crippen LogP contribution in [0.15, 0.2) is 84.0 Å². The summed E-state index contributed by atoms with van der Waals surface area (Å²) in [4.78, 5) is 35.8. The molecule has 0 aliphatic heterocycles. The van der Waals surface area contributed by atoms with E-state index in [9.17, 15) is 14.4 Å². The van der Waals surface area contributed by atoms with Crippen LogP contribution in [0.3, 0.4) is 0 Å². The Morgan fingerprint density at radius 1 is 0.853 bits per heavy atom. The summed E-state index contributed by atoms with van der Waals surface area (Å²) in [6.45, 7) is 2.37. The van der Waals surface area contributed by atoms with Gasteiger partial charge in [-0.2, -0.15) is 5.10 Å².